The molecular weight excluding hydrogens is 214 g/mol. The summed E-state index contributed by atoms with van der Waals surface area (Å²) >= 11 is 0. The molecule has 2 nitrogen and oxygen atoms in total. The van der Waals surface area contributed by atoms with Crippen LogP contribution in [-0.2, 0) is 11.0 Å². The molecule has 1 N–H and O–H groups in total. The summed E-state index contributed by atoms with van der Waals surface area (Å²) in [5, 5.41) is 1.97. The van der Waals surface area contributed by atoms with E-state index in [2.05, 4.69) is 0 Å². The van der Waals surface area contributed by atoms with Gasteiger partial charge < -0.3 is 5.32 Å². The lowest BCUT2D eigenvalue weighted by atomic mass is 10.1. The molecule has 1 aromatic rings. The van der Waals surface area contributed by atoms with Crippen molar-refractivity contribution in [2.75, 3.05) is 5.32 Å². The topological polar surface area (TPSA) is 29.1 Å². The summed E-state index contributed by atoms with van der Waals surface area (Å²) in [5.41, 5.74) is -1.46. The molecule has 1 rings (SSSR count). The molecule has 0 heterocycles. The number of anilines is 1. The van der Waals surface area contributed by atoms with E-state index >= 15 is 0 Å². The van der Waals surface area contributed by atoms with E-state index in [1.807, 2.05) is 5.32 Å². The van der Waals surface area contributed by atoms with Crippen LogP contribution in [0, 0.1) is 12.7 Å². The Kier molecular flexibility index (Phi) is 2.97. The highest BCUT2D eigenvalue weighted by atomic mass is 19.4. The van der Waals surface area contributed by atoms with Gasteiger partial charge in [-0.3, -0.25) is 4.79 Å². The lowest BCUT2D eigenvalue weighted by Gasteiger charge is -2.12. The van der Waals surface area contributed by atoms with Gasteiger partial charge in [0.05, 0.1) is 11.3 Å². The zero-order valence-corrected chi connectivity index (χ0v) is 7.65. The molecule has 82 valence electrons. The van der Waals surface area contributed by atoms with E-state index in [-0.39, 0.29) is 17.7 Å². The van der Waals surface area contributed by atoms with Crippen LogP contribution in [0.4, 0.5) is 23.2 Å². The number of halogens is 4. The first-order chi connectivity index (χ1) is 6.86. The molecule has 1 amide bonds. The van der Waals surface area contributed by atoms with Crippen LogP contribution in [0.5, 0.6) is 0 Å². The molecule has 0 atom stereocenters. The maximum Gasteiger partial charge on any atom is 0.416 e. The third-order valence-corrected chi connectivity index (χ3v) is 1.83. The summed E-state index contributed by atoms with van der Waals surface area (Å²) in [4.78, 5) is 10.0. The van der Waals surface area contributed by atoms with Crippen molar-refractivity contribution >= 4 is 12.1 Å². The maximum absolute atomic E-state index is 13.0. The van der Waals surface area contributed by atoms with Gasteiger partial charge in [-0.05, 0) is 24.6 Å². The molecule has 15 heavy (non-hydrogen) atoms. The van der Waals surface area contributed by atoms with Crippen molar-refractivity contribution in [2.24, 2.45) is 0 Å². The summed E-state index contributed by atoms with van der Waals surface area (Å²) in [6.45, 7) is 1.19. The van der Waals surface area contributed by atoms with Gasteiger partial charge in [-0.25, -0.2) is 4.39 Å². The lowest BCUT2D eigenvalue weighted by Crippen LogP contribution is -2.09. The fourth-order valence-electron chi connectivity index (χ4n) is 1.16. The molecule has 0 bridgehead atoms. The first-order valence-electron chi connectivity index (χ1n) is 3.94. The third-order valence-electron chi connectivity index (χ3n) is 1.83. The summed E-state index contributed by atoms with van der Waals surface area (Å²) in [7, 11) is 0. The minimum Gasteiger partial charge on any atom is -0.326 e. The first kappa shape index (κ1) is 11.5. The van der Waals surface area contributed by atoms with E-state index in [1.165, 1.54) is 6.92 Å². The first-order valence-corrected chi connectivity index (χ1v) is 3.94. The molecule has 1 aromatic carbocycles. The normalized spacial score (nSPS) is 11.3. The summed E-state index contributed by atoms with van der Waals surface area (Å²) in [5.74, 6) is -1.11. The fraction of sp³-hybridized carbons (Fsp3) is 0.222. The van der Waals surface area contributed by atoms with E-state index in [1.54, 1.807) is 0 Å². The molecule has 0 saturated heterocycles. The summed E-state index contributed by atoms with van der Waals surface area (Å²) in [6.07, 6.45) is -4.39. The molecule has 0 unspecified atom stereocenters. The van der Waals surface area contributed by atoms with Crippen LogP contribution in [0.2, 0.25) is 0 Å². The Balaban J connectivity index is 3.25. The second-order valence-electron chi connectivity index (χ2n) is 2.91. The quantitative estimate of drug-likeness (QED) is 0.603. The number of rotatable bonds is 2. The molecule has 0 aliphatic heterocycles. The largest absolute Gasteiger partial charge is 0.416 e. The standard InChI is InChI=1S/C9H7F4NO/c1-5-2-8(14-4-15)7(10)3-6(5)9(11,12)13/h2-4H,1H3,(H,14,15). The number of carbonyl (C=O) groups excluding carboxylic acids is 1. The number of nitrogens with one attached hydrogen (secondary N) is 1. The Morgan fingerprint density at radius 3 is 2.40 bits per heavy atom. The van der Waals surface area contributed by atoms with Crippen molar-refractivity contribution in [1.29, 1.82) is 0 Å². The van der Waals surface area contributed by atoms with Crippen LogP contribution < -0.4 is 5.32 Å². The molecule has 0 aliphatic rings. The average Bonchev–Trinajstić information content (AvgIpc) is 2.09. The van der Waals surface area contributed by atoms with E-state index in [0.717, 1.165) is 6.07 Å². The predicted octanol–water partition coefficient (Wildman–Crippen LogP) is 2.72. The Labute approximate surface area is 82.9 Å². The van der Waals surface area contributed by atoms with Crippen molar-refractivity contribution in [3.05, 3.63) is 29.1 Å². The summed E-state index contributed by atoms with van der Waals surface area (Å²) in [6, 6.07) is 1.30. The van der Waals surface area contributed by atoms with Gasteiger partial charge in [-0.2, -0.15) is 13.2 Å². The average molecular weight is 221 g/mol. The van der Waals surface area contributed by atoms with Gasteiger partial charge in [0.2, 0.25) is 6.41 Å². The van der Waals surface area contributed by atoms with Gasteiger partial charge in [-0.1, -0.05) is 0 Å². The smallest absolute Gasteiger partial charge is 0.326 e. The molecular formula is C9H7F4NO. The van der Waals surface area contributed by atoms with E-state index in [4.69, 9.17) is 0 Å². The van der Waals surface area contributed by atoms with E-state index in [0.29, 0.717) is 6.07 Å². The molecule has 0 fully saturated rings. The van der Waals surface area contributed by atoms with Gasteiger partial charge in [0, 0.05) is 0 Å². The highest BCUT2D eigenvalue weighted by Gasteiger charge is 2.33. The van der Waals surface area contributed by atoms with Crippen molar-refractivity contribution in [3.63, 3.8) is 0 Å². The number of amides is 1. The minimum atomic E-state index is -4.59. The van der Waals surface area contributed by atoms with Crippen LogP contribution in [0.15, 0.2) is 12.1 Å². The van der Waals surface area contributed by atoms with Crippen LogP contribution in [0.25, 0.3) is 0 Å². The number of benzene rings is 1. The zero-order chi connectivity index (χ0) is 11.6. The predicted molar refractivity (Wildman–Crippen MR) is 45.8 cm³/mol. The monoisotopic (exact) mass is 221 g/mol. The van der Waals surface area contributed by atoms with E-state index < -0.39 is 17.6 Å². The second-order valence-corrected chi connectivity index (χ2v) is 2.91. The Hall–Kier alpha value is -1.59. The van der Waals surface area contributed by atoms with Crippen LogP contribution >= 0.6 is 0 Å². The minimum absolute atomic E-state index is 0.145. The number of aryl methyl sites for hydroxylation is 1. The molecule has 0 radical (unpaired) electrons. The number of hydrogen-bond donors (Lipinski definition) is 1. The van der Waals surface area contributed by atoms with Crippen molar-refractivity contribution in [2.45, 2.75) is 13.1 Å². The summed E-state index contributed by atoms with van der Waals surface area (Å²) < 4.78 is 49.9. The Morgan fingerprint density at radius 2 is 1.93 bits per heavy atom. The molecule has 6 heteroatoms. The maximum atomic E-state index is 13.0. The fourth-order valence-corrected chi connectivity index (χ4v) is 1.16. The Bertz CT molecular complexity index is 386. The van der Waals surface area contributed by atoms with Crippen molar-refractivity contribution in [1.82, 2.24) is 0 Å². The molecule has 0 aliphatic carbocycles. The van der Waals surface area contributed by atoms with Gasteiger partial charge in [0.15, 0.2) is 0 Å². The van der Waals surface area contributed by atoms with E-state index in [9.17, 15) is 22.4 Å². The van der Waals surface area contributed by atoms with Crippen LogP contribution in [0.3, 0.4) is 0 Å². The highest BCUT2D eigenvalue weighted by Crippen LogP contribution is 2.34. The molecule has 0 saturated carbocycles. The second kappa shape index (κ2) is 3.88. The van der Waals surface area contributed by atoms with Gasteiger partial charge in [0.25, 0.3) is 0 Å². The highest BCUT2D eigenvalue weighted by molar-refractivity contribution is 5.72. The van der Waals surface area contributed by atoms with Crippen molar-refractivity contribution < 1.29 is 22.4 Å². The van der Waals surface area contributed by atoms with Crippen LogP contribution in [-0.4, -0.2) is 6.41 Å². The number of carbonyl (C=O) groups is 1. The third kappa shape index (κ3) is 2.45. The van der Waals surface area contributed by atoms with Gasteiger partial charge >= 0.3 is 6.18 Å². The van der Waals surface area contributed by atoms with Crippen molar-refractivity contribution in [3.8, 4) is 0 Å². The molecule has 0 aromatic heterocycles. The Morgan fingerprint density at radius 1 is 1.33 bits per heavy atom. The number of hydrogen-bond acceptors (Lipinski definition) is 1. The van der Waals surface area contributed by atoms with Crippen LogP contribution in [0.1, 0.15) is 11.1 Å². The SMILES string of the molecule is Cc1cc(NC=O)c(F)cc1C(F)(F)F. The zero-order valence-electron chi connectivity index (χ0n) is 7.65. The number of alkyl halides is 3. The lowest BCUT2D eigenvalue weighted by molar-refractivity contribution is -0.138. The van der Waals surface area contributed by atoms with Gasteiger partial charge in [-0.15, -0.1) is 0 Å². The molecule has 0 spiro atoms. The van der Waals surface area contributed by atoms with Gasteiger partial charge in [0.1, 0.15) is 5.82 Å².